The number of methoxy groups -OCH3 is 1. The van der Waals surface area contributed by atoms with Gasteiger partial charge in [0.25, 0.3) is 0 Å². The lowest BCUT2D eigenvalue weighted by Crippen LogP contribution is -2.12. The van der Waals surface area contributed by atoms with Crippen LogP contribution in [0.15, 0.2) is 42.5 Å². The molecule has 106 valence electrons. The van der Waals surface area contributed by atoms with Crippen molar-refractivity contribution in [3.8, 4) is 0 Å². The Morgan fingerprint density at radius 3 is 2.40 bits per heavy atom. The summed E-state index contributed by atoms with van der Waals surface area (Å²) in [7, 11) is 1.68. The van der Waals surface area contributed by atoms with E-state index in [1.54, 1.807) is 19.2 Å². The van der Waals surface area contributed by atoms with Crippen LogP contribution in [0.5, 0.6) is 0 Å². The Morgan fingerprint density at radius 1 is 1.15 bits per heavy atom. The zero-order valence-electron chi connectivity index (χ0n) is 11.3. The van der Waals surface area contributed by atoms with Gasteiger partial charge in [0.1, 0.15) is 5.82 Å². The molecule has 20 heavy (non-hydrogen) atoms. The summed E-state index contributed by atoms with van der Waals surface area (Å²) in [6, 6.07) is 12.3. The molecule has 2 N–H and O–H groups in total. The normalized spacial score (nSPS) is 12.4. The smallest absolute Gasteiger partial charge is 0.141 e. The van der Waals surface area contributed by atoms with Gasteiger partial charge in [0.2, 0.25) is 0 Å². The lowest BCUT2D eigenvalue weighted by Gasteiger charge is -2.14. The molecule has 0 spiro atoms. The third-order valence-corrected chi connectivity index (χ3v) is 3.53. The van der Waals surface area contributed by atoms with Crippen molar-refractivity contribution in [1.29, 1.82) is 0 Å². The van der Waals surface area contributed by atoms with Crippen LogP contribution in [-0.2, 0) is 11.2 Å². The highest BCUT2D eigenvalue weighted by Gasteiger charge is 2.11. The second-order valence-electron chi connectivity index (χ2n) is 4.64. The third kappa shape index (κ3) is 3.57. The van der Waals surface area contributed by atoms with Crippen LogP contribution in [0.2, 0.25) is 5.02 Å². The largest absolute Gasteiger partial charge is 0.384 e. The minimum atomic E-state index is -0.433. The van der Waals surface area contributed by atoms with Gasteiger partial charge in [-0.2, -0.15) is 0 Å². The van der Waals surface area contributed by atoms with Gasteiger partial charge >= 0.3 is 0 Å². The molecule has 0 saturated heterocycles. The molecule has 1 atom stereocenters. The van der Waals surface area contributed by atoms with E-state index in [0.717, 1.165) is 17.5 Å². The highest BCUT2D eigenvalue weighted by Crippen LogP contribution is 2.24. The molecule has 0 heterocycles. The van der Waals surface area contributed by atoms with E-state index in [-0.39, 0.29) is 11.1 Å². The standard InChI is InChI=1S/C16H17ClFNO/c1-20-9-8-11-2-4-12(5-3-11)16(19)13-6-7-15(18)14(17)10-13/h2-7,10,16H,8-9,19H2,1H3. The maximum atomic E-state index is 13.2. The summed E-state index contributed by atoms with van der Waals surface area (Å²) < 4.78 is 18.2. The second-order valence-corrected chi connectivity index (χ2v) is 5.04. The topological polar surface area (TPSA) is 35.2 Å². The van der Waals surface area contributed by atoms with Crippen LogP contribution in [0, 0.1) is 5.82 Å². The lowest BCUT2D eigenvalue weighted by atomic mass is 9.98. The van der Waals surface area contributed by atoms with E-state index in [9.17, 15) is 4.39 Å². The van der Waals surface area contributed by atoms with E-state index in [0.29, 0.717) is 6.61 Å². The highest BCUT2D eigenvalue weighted by atomic mass is 35.5. The van der Waals surface area contributed by atoms with Crippen molar-refractivity contribution in [2.45, 2.75) is 12.5 Å². The van der Waals surface area contributed by atoms with Crippen molar-refractivity contribution in [2.75, 3.05) is 13.7 Å². The molecule has 2 aromatic rings. The van der Waals surface area contributed by atoms with E-state index in [1.807, 2.05) is 24.3 Å². The summed E-state index contributed by atoms with van der Waals surface area (Å²) in [5, 5.41) is 0.0923. The van der Waals surface area contributed by atoms with Gasteiger partial charge in [0, 0.05) is 7.11 Å². The molecular weight excluding hydrogens is 277 g/mol. The molecule has 4 heteroatoms. The van der Waals surface area contributed by atoms with Crippen molar-refractivity contribution < 1.29 is 9.13 Å². The molecule has 0 aliphatic heterocycles. The Bertz CT molecular complexity index is 571. The quantitative estimate of drug-likeness (QED) is 0.912. The first-order chi connectivity index (χ1) is 9.61. The monoisotopic (exact) mass is 293 g/mol. The summed E-state index contributed by atoms with van der Waals surface area (Å²) in [6.45, 7) is 0.693. The van der Waals surface area contributed by atoms with E-state index >= 15 is 0 Å². The molecule has 0 fully saturated rings. The molecule has 0 amide bonds. The number of nitrogens with two attached hydrogens (primary N) is 1. The lowest BCUT2D eigenvalue weighted by molar-refractivity contribution is 0.202. The minimum absolute atomic E-state index is 0.0923. The van der Waals surface area contributed by atoms with Gasteiger partial charge in [-0.3, -0.25) is 0 Å². The van der Waals surface area contributed by atoms with Gasteiger partial charge in [0.15, 0.2) is 0 Å². The van der Waals surface area contributed by atoms with Gasteiger partial charge in [-0.25, -0.2) is 4.39 Å². The Kier molecular flexibility index (Phi) is 5.12. The van der Waals surface area contributed by atoms with Gasteiger partial charge in [0.05, 0.1) is 17.7 Å². The molecule has 2 rings (SSSR count). The predicted molar refractivity (Wildman–Crippen MR) is 79.5 cm³/mol. The maximum absolute atomic E-state index is 13.2. The van der Waals surface area contributed by atoms with Gasteiger partial charge in [-0.05, 0) is 35.2 Å². The van der Waals surface area contributed by atoms with Crippen molar-refractivity contribution in [1.82, 2.24) is 0 Å². The van der Waals surface area contributed by atoms with E-state index in [2.05, 4.69) is 0 Å². The molecule has 0 aliphatic rings. The van der Waals surface area contributed by atoms with Crippen molar-refractivity contribution in [2.24, 2.45) is 5.73 Å². The Morgan fingerprint density at radius 2 is 1.80 bits per heavy atom. The fourth-order valence-electron chi connectivity index (χ4n) is 2.01. The predicted octanol–water partition coefficient (Wildman–Crippen LogP) is 3.72. The van der Waals surface area contributed by atoms with Gasteiger partial charge in [-0.15, -0.1) is 0 Å². The fourth-order valence-corrected chi connectivity index (χ4v) is 2.20. The van der Waals surface area contributed by atoms with Crippen LogP contribution in [0.3, 0.4) is 0 Å². The van der Waals surface area contributed by atoms with E-state index in [4.69, 9.17) is 22.1 Å². The molecule has 0 aliphatic carbocycles. The Hall–Kier alpha value is -1.42. The second kappa shape index (κ2) is 6.84. The number of ether oxygens (including phenoxy) is 1. The molecule has 0 aromatic heterocycles. The van der Waals surface area contributed by atoms with Crippen LogP contribution >= 0.6 is 11.6 Å². The molecule has 0 saturated carbocycles. The summed E-state index contributed by atoms with van der Waals surface area (Å²) in [6.07, 6.45) is 0.869. The van der Waals surface area contributed by atoms with E-state index in [1.165, 1.54) is 11.6 Å². The first kappa shape index (κ1) is 15.0. The number of halogens is 2. The molecule has 0 bridgehead atoms. The van der Waals surface area contributed by atoms with Crippen LogP contribution in [0.4, 0.5) is 4.39 Å². The average Bonchev–Trinajstić information content (AvgIpc) is 2.48. The minimum Gasteiger partial charge on any atom is -0.384 e. The summed E-state index contributed by atoms with van der Waals surface area (Å²) in [5.74, 6) is -0.433. The number of hydrogen-bond acceptors (Lipinski definition) is 2. The van der Waals surface area contributed by atoms with E-state index < -0.39 is 5.82 Å². The average molecular weight is 294 g/mol. The summed E-state index contributed by atoms with van der Waals surface area (Å²) in [5.41, 5.74) is 9.13. The van der Waals surface area contributed by atoms with Crippen molar-refractivity contribution in [3.05, 3.63) is 70.0 Å². The zero-order valence-corrected chi connectivity index (χ0v) is 12.0. The van der Waals surface area contributed by atoms with Crippen LogP contribution < -0.4 is 5.73 Å². The first-order valence-electron chi connectivity index (χ1n) is 6.40. The Labute approximate surface area is 123 Å². The molecular formula is C16H17ClFNO. The molecule has 0 radical (unpaired) electrons. The number of rotatable bonds is 5. The van der Waals surface area contributed by atoms with Crippen molar-refractivity contribution >= 4 is 11.6 Å². The third-order valence-electron chi connectivity index (χ3n) is 3.24. The maximum Gasteiger partial charge on any atom is 0.141 e. The first-order valence-corrected chi connectivity index (χ1v) is 6.78. The molecule has 1 unspecified atom stereocenters. The SMILES string of the molecule is COCCc1ccc(C(N)c2ccc(F)c(Cl)c2)cc1. The van der Waals surface area contributed by atoms with Crippen LogP contribution in [0.1, 0.15) is 22.7 Å². The van der Waals surface area contributed by atoms with Gasteiger partial charge < -0.3 is 10.5 Å². The number of hydrogen-bond donors (Lipinski definition) is 1. The van der Waals surface area contributed by atoms with Crippen LogP contribution in [0.25, 0.3) is 0 Å². The molecule has 2 aromatic carbocycles. The highest BCUT2D eigenvalue weighted by molar-refractivity contribution is 6.30. The van der Waals surface area contributed by atoms with Gasteiger partial charge in [-0.1, -0.05) is 41.9 Å². The van der Waals surface area contributed by atoms with Crippen molar-refractivity contribution in [3.63, 3.8) is 0 Å². The molecule has 2 nitrogen and oxygen atoms in total. The Balaban J connectivity index is 2.15. The fraction of sp³-hybridized carbons (Fsp3) is 0.250. The van der Waals surface area contributed by atoms with Crippen LogP contribution in [-0.4, -0.2) is 13.7 Å². The zero-order chi connectivity index (χ0) is 14.5. The summed E-state index contributed by atoms with van der Waals surface area (Å²) in [4.78, 5) is 0. The number of benzene rings is 2. The summed E-state index contributed by atoms with van der Waals surface area (Å²) >= 11 is 5.78.